The molecule has 122 valence electrons. The van der Waals surface area contributed by atoms with Gasteiger partial charge in [0.15, 0.2) is 0 Å². The first-order valence-electron chi connectivity index (χ1n) is 6.34. The lowest BCUT2D eigenvalue weighted by Gasteiger charge is -2.51. The Bertz CT molecular complexity index is 412. The second-order valence-electron chi connectivity index (χ2n) is 5.65. The van der Waals surface area contributed by atoms with E-state index in [1.165, 1.54) is 7.11 Å². The fourth-order valence-electron chi connectivity index (χ4n) is 2.35. The first kappa shape index (κ1) is 17.5. The Hall–Kier alpha value is -1.51. The highest BCUT2D eigenvalue weighted by molar-refractivity contribution is 5.80. The number of urea groups is 1. The largest absolute Gasteiger partial charge is 0.480 e. The maximum absolute atomic E-state index is 12.4. The molecule has 0 aromatic carbocycles. The molecule has 21 heavy (non-hydrogen) atoms. The van der Waals surface area contributed by atoms with Crippen molar-refractivity contribution >= 4 is 12.0 Å². The third-order valence-corrected chi connectivity index (χ3v) is 3.74. The normalized spacial score (nSPS) is 24.1. The Morgan fingerprint density at radius 1 is 1.43 bits per heavy atom. The number of alkyl halides is 3. The molecule has 1 aliphatic rings. The Kier molecular flexibility index (Phi) is 5.08. The van der Waals surface area contributed by atoms with Crippen LogP contribution in [0, 0.1) is 5.41 Å². The predicted molar refractivity (Wildman–Crippen MR) is 66.8 cm³/mol. The van der Waals surface area contributed by atoms with Crippen LogP contribution >= 0.6 is 0 Å². The van der Waals surface area contributed by atoms with E-state index < -0.39 is 36.7 Å². The highest BCUT2D eigenvalue weighted by atomic mass is 19.4. The van der Waals surface area contributed by atoms with Crippen LogP contribution in [-0.4, -0.2) is 60.5 Å². The topological polar surface area (TPSA) is 78.9 Å². The van der Waals surface area contributed by atoms with E-state index in [1.54, 1.807) is 0 Å². The number of carboxylic acids is 1. The molecule has 0 aromatic heterocycles. The van der Waals surface area contributed by atoms with E-state index >= 15 is 0 Å². The minimum atomic E-state index is -4.66. The van der Waals surface area contributed by atoms with Crippen molar-refractivity contribution in [2.24, 2.45) is 5.41 Å². The van der Waals surface area contributed by atoms with Gasteiger partial charge in [0.05, 0.1) is 6.10 Å². The molecule has 2 N–H and O–H groups in total. The van der Waals surface area contributed by atoms with Crippen LogP contribution in [0.3, 0.4) is 0 Å². The summed E-state index contributed by atoms with van der Waals surface area (Å²) in [5.74, 6) is -1.50. The Morgan fingerprint density at radius 2 is 2.00 bits per heavy atom. The van der Waals surface area contributed by atoms with Crippen molar-refractivity contribution in [2.45, 2.75) is 38.6 Å². The van der Waals surface area contributed by atoms with Gasteiger partial charge in [-0.2, -0.15) is 13.2 Å². The quantitative estimate of drug-likeness (QED) is 0.805. The predicted octanol–water partition coefficient (Wildman–Crippen LogP) is 1.46. The van der Waals surface area contributed by atoms with Crippen LogP contribution in [0.4, 0.5) is 18.0 Å². The van der Waals surface area contributed by atoms with E-state index in [-0.39, 0.29) is 17.0 Å². The summed E-state index contributed by atoms with van der Waals surface area (Å²) in [6.45, 7) is 1.03. The third-order valence-electron chi connectivity index (χ3n) is 3.74. The fraction of sp³-hybridized carbons (Fsp3) is 0.833. The van der Waals surface area contributed by atoms with Gasteiger partial charge in [0.1, 0.15) is 13.1 Å². The minimum absolute atomic E-state index is 0.0988. The molecular weight excluding hydrogens is 293 g/mol. The van der Waals surface area contributed by atoms with Crippen LogP contribution in [0.25, 0.3) is 0 Å². The number of nitrogens with zero attached hydrogens (tertiary/aromatic N) is 1. The standard InChI is InChI=1S/C12H19F3N2O4/c1-11(2)7(4-8(11)21-3)16-10(20)17(5-9(18)19)6-12(13,14)15/h7-8H,4-6H2,1-3H3,(H,16,20)(H,18,19). The number of halogens is 3. The summed E-state index contributed by atoms with van der Waals surface area (Å²) in [6.07, 6.45) is -4.28. The third kappa shape index (κ3) is 4.48. The van der Waals surface area contributed by atoms with Crippen molar-refractivity contribution in [1.29, 1.82) is 0 Å². The first-order chi connectivity index (χ1) is 9.47. The molecule has 0 spiro atoms. The molecule has 0 bridgehead atoms. The molecule has 2 unspecified atom stereocenters. The van der Waals surface area contributed by atoms with E-state index in [0.29, 0.717) is 6.42 Å². The molecular formula is C12H19F3N2O4. The van der Waals surface area contributed by atoms with Gasteiger partial charge >= 0.3 is 18.2 Å². The molecule has 1 fully saturated rings. The van der Waals surface area contributed by atoms with Crippen LogP contribution in [0.1, 0.15) is 20.3 Å². The van der Waals surface area contributed by atoms with Gasteiger partial charge in [-0.05, 0) is 6.42 Å². The number of amides is 2. The number of hydrogen-bond acceptors (Lipinski definition) is 3. The van der Waals surface area contributed by atoms with Gasteiger partial charge in [-0.15, -0.1) is 0 Å². The van der Waals surface area contributed by atoms with Crippen molar-refractivity contribution in [3.63, 3.8) is 0 Å². The van der Waals surface area contributed by atoms with Crippen LogP contribution in [0.15, 0.2) is 0 Å². The Morgan fingerprint density at radius 3 is 2.38 bits per heavy atom. The van der Waals surface area contributed by atoms with Gasteiger partial charge in [0, 0.05) is 18.6 Å². The molecule has 1 rings (SSSR count). The zero-order valence-electron chi connectivity index (χ0n) is 12.0. The zero-order chi connectivity index (χ0) is 16.4. The average molecular weight is 312 g/mol. The maximum Gasteiger partial charge on any atom is 0.406 e. The summed E-state index contributed by atoms with van der Waals surface area (Å²) in [4.78, 5) is 22.7. The SMILES string of the molecule is COC1CC(NC(=O)N(CC(=O)O)CC(F)(F)F)C1(C)C. The van der Waals surface area contributed by atoms with E-state index in [9.17, 15) is 22.8 Å². The number of carboxylic acid groups (broad SMARTS) is 1. The van der Waals surface area contributed by atoms with E-state index in [0.717, 1.165) is 0 Å². The molecule has 2 amide bonds. The number of carbonyl (C=O) groups is 2. The number of rotatable bonds is 5. The molecule has 0 radical (unpaired) electrons. The molecule has 0 aliphatic heterocycles. The molecule has 6 nitrogen and oxygen atoms in total. The molecule has 2 atom stereocenters. The number of carbonyl (C=O) groups excluding carboxylic acids is 1. The van der Waals surface area contributed by atoms with E-state index in [4.69, 9.17) is 9.84 Å². The van der Waals surface area contributed by atoms with E-state index in [2.05, 4.69) is 5.32 Å². The summed E-state index contributed by atoms with van der Waals surface area (Å²) in [6, 6.07) is -1.40. The Labute approximate surface area is 120 Å². The number of nitrogens with one attached hydrogen (secondary N) is 1. The van der Waals surface area contributed by atoms with Crippen molar-refractivity contribution in [3.8, 4) is 0 Å². The minimum Gasteiger partial charge on any atom is -0.480 e. The second kappa shape index (κ2) is 6.08. The van der Waals surface area contributed by atoms with Crippen molar-refractivity contribution < 1.29 is 32.6 Å². The number of methoxy groups -OCH3 is 1. The lowest BCUT2D eigenvalue weighted by molar-refractivity contribution is -0.149. The first-order valence-corrected chi connectivity index (χ1v) is 6.34. The highest BCUT2D eigenvalue weighted by Gasteiger charge is 2.49. The molecule has 0 aromatic rings. The number of hydrogen-bond donors (Lipinski definition) is 2. The number of ether oxygens (including phenoxy) is 1. The zero-order valence-corrected chi connectivity index (χ0v) is 12.0. The fourth-order valence-corrected chi connectivity index (χ4v) is 2.35. The van der Waals surface area contributed by atoms with E-state index in [1.807, 2.05) is 13.8 Å². The summed E-state index contributed by atoms with van der Waals surface area (Å²) in [7, 11) is 1.52. The lowest BCUT2D eigenvalue weighted by Crippen LogP contribution is -2.64. The summed E-state index contributed by atoms with van der Waals surface area (Å²) >= 11 is 0. The van der Waals surface area contributed by atoms with Gasteiger partial charge in [0.2, 0.25) is 0 Å². The van der Waals surface area contributed by atoms with Crippen LogP contribution in [-0.2, 0) is 9.53 Å². The molecule has 0 saturated heterocycles. The smallest absolute Gasteiger partial charge is 0.406 e. The molecule has 9 heteroatoms. The summed E-state index contributed by atoms with van der Waals surface area (Å²) in [5, 5.41) is 11.1. The monoisotopic (exact) mass is 312 g/mol. The van der Waals surface area contributed by atoms with Gasteiger partial charge < -0.3 is 20.1 Å². The van der Waals surface area contributed by atoms with Gasteiger partial charge in [-0.1, -0.05) is 13.8 Å². The second-order valence-corrected chi connectivity index (χ2v) is 5.65. The Balaban J connectivity index is 2.67. The van der Waals surface area contributed by atoms with Crippen molar-refractivity contribution in [1.82, 2.24) is 10.2 Å². The average Bonchev–Trinajstić information content (AvgIpc) is 2.30. The molecule has 1 saturated carbocycles. The summed E-state index contributed by atoms with van der Waals surface area (Å²) < 4.78 is 42.3. The maximum atomic E-state index is 12.4. The molecule has 1 aliphatic carbocycles. The van der Waals surface area contributed by atoms with Crippen LogP contribution in [0.2, 0.25) is 0 Å². The van der Waals surface area contributed by atoms with Gasteiger partial charge in [-0.3, -0.25) is 4.79 Å². The highest BCUT2D eigenvalue weighted by Crippen LogP contribution is 2.42. The molecule has 0 heterocycles. The number of aliphatic carboxylic acids is 1. The lowest BCUT2D eigenvalue weighted by atomic mass is 9.64. The van der Waals surface area contributed by atoms with Gasteiger partial charge in [-0.25, -0.2) is 4.79 Å². The van der Waals surface area contributed by atoms with Crippen LogP contribution < -0.4 is 5.32 Å². The van der Waals surface area contributed by atoms with Crippen molar-refractivity contribution in [2.75, 3.05) is 20.2 Å². The summed E-state index contributed by atoms with van der Waals surface area (Å²) in [5.41, 5.74) is -0.419. The van der Waals surface area contributed by atoms with Crippen LogP contribution in [0.5, 0.6) is 0 Å². The van der Waals surface area contributed by atoms with Gasteiger partial charge in [0.25, 0.3) is 0 Å². The van der Waals surface area contributed by atoms with Crippen molar-refractivity contribution in [3.05, 3.63) is 0 Å².